The molecule has 156 valence electrons. The number of fused-ring (bicyclic) bond motifs is 1. The molecule has 0 bridgehead atoms. The third-order valence-electron chi connectivity index (χ3n) is 4.42. The highest BCUT2D eigenvalue weighted by atomic mass is 32.1. The molecule has 10 heteroatoms. The first-order chi connectivity index (χ1) is 15.0. The van der Waals surface area contributed by atoms with Gasteiger partial charge in [0.15, 0.2) is 5.13 Å². The van der Waals surface area contributed by atoms with Crippen LogP contribution in [0, 0.1) is 0 Å². The van der Waals surface area contributed by atoms with Crippen LogP contribution in [0.2, 0.25) is 0 Å². The summed E-state index contributed by atoms with van der Waals surface area (Å²) in [4.78, 5) is 46.1. The molecule has 1 amide bonds. The first-order valence-electron chi connectivity index (χ1n) is 9.01. The highest BCUT2D eigenvalue weighted by Gasteiger charge is 2.19. The lowest BCUT2D eigenvalue weighted by Crippen LogP contribution is -2.28. The Morgan fingerprint density at radius 3 is 2.48 bits per heavy atom. The van der Waals surface area contributed by atoms with Gasteiger partial charge in [-0.25, -0.2) is 14.5 Å². The number of hydrogen-bond donors (Lipinski definition) is 1. The summed E-state index contributed by atoms with van der Waals surface area (Å²) in [5, 5.41) is 4.33. The molecule has 4 aromatic rings. The van der Waals surface area contributed by atoms with Crippen LogP contribution in [-0.2, 0) is 0 Å². The van der Waals surface area contributed by atoms with Gasteiger partial charge in [0.1, 0.15) is 17.2 Å². The molecule has 1 N–H and O–H groups in total. The molecule has 0 aliphatic heterocycles. The van der Waals surface area contributed by atoms with Crippen molar-refractivity contribution < 1.29 is 19.1 Å². The summed E-state index contributed by atoms with van der Waals surface area (Å²) >= 11 is 1.07. The first-order valence-corrected chi connectivity index (χ1v) is 9.89. The number of carbonyl (C=O) groups excluding carboxylic acids is 2. The monoisotopic (exact) mass is 436 g/mol. The van der Waals surface area contributed by atoms with E-state index in [1.807, 2.05) is 0 Å². The molecule has 0 saturated carbocycles. The van der Waals surface area contributed by atoms with Gasteiger partial charge in [-0.15, -0.1) is 11.3 Å². The predicted molar refractivity (Wildman–Crippen MR) is 115 cm³/mol. The molecular weight excluding hydrogens is 420 g/mol. The van der Waals surface area contributed by atoms with Crippen LogP contribution in [0.25, 0.3) is 11.0 Å². The number of amides is 1. The van der Waals surface area contributed by atoms with Crippen LogP contribution >= 0.6 is 11.3 Å². The Balaban J connectivity index is 1.61. The van der Waals surface area contributed by atoms with Gasteiger partial charge in [0, 0.05) is 17.0 Å². The van der Waals surface area contributed by atoms with Gasteiger partial charge in [0.25, 0.3) is 17.4 Å². The molecule has 2 heterocycles. The Hall–Kier alpha value is -4.05. The number of carbonyl (C=O) groups is 2. The summed E-state index contributed by atoms with van der Waals surface area (Å²) in [6.07, 6.45) is 1.09. The standard InChI is InChI=1S/C21H16N4O5S/c1-29-13-7-12(8-14(9-13)30-2)19(27)24-21-23-16(11-31-21)20(28)25-17-6-4-3-5-15(17)22-10-18(25)26/h3-11H,1-2H3,(H,23,24,27). The van der Waals surface area contributed by atoms with Crippen LogP contribution in [-0.4, -0.2) is 40.6 Å². The predicted octanol–water partition coefficient (Wildman–Crippen LogP) is 2.81. The van der Waals surface area contributed by atoms with Crippen molar-refractivity contribution in [3.05, 3.63) is 75.7 Å². The zero-order valence-electron chi connectivity index (χ0n) is 16.5. The van der Waals surface area contributed by atoms with Gasteiger partial charge in [-0.05, 0) is 24.3 Å². The Labute approximate surface area is 179 Å². The molecule has 0 aliphatic rings. The second-order valence-corrected chi connectivity index (χ2v) is 7.18. The molecule has 4 rings (SSSR count). The Bertz CT molecular complexity index is 1340. The third kappa shape index (κ3) is 4.01. The van der Waals surface area contributed by atoms with Crippen LogP contribution in [0.3, 0.4) is 0 Å². The molecule has 0 radical (unpaired) electrons. The van der Waals surface area contributed by atoms with E-state index in [1.54, 1.807) is 42.5 Å². The van der Waals surface area contributed by atoms with Crippen molar-refractivity contribution in [2.45, 2.75) is 0 Å². The maximum Gasteiger partial charge on any atom is 0.284 e. The summed E-state index contributed by atoms with van der Waals surface area (Å²) in [6.45, 7) is 0. The SMILES string of the molecule is COc1cc(OC)cc(C(=O)Nc2nc(C(=O)n3c(=O)cnc4ccccc43)cs2)c1. The fourth-order valence-corrected chi connectivity index (χ4v) is 3.60. The molecule has 0 spiro atoms. The maximum absolute atomic E-state index is 13.0. The molecule has 9 nitrogen and oxygen atoms in total. The molecule has 0 atom stereocenters. The Morgan fingerprint density at radius 2 is 1.77 bits per heavy atom. The number of methoxy groups -OCH3 is 2. The second-order valence-electron chi connectivity index (χ2n) is 6.32. The average Bonchev–Trinajstić information content (AvgIpc) is 3.26. The molecule has 31 heavy (non-hydrogen) atoms. The second kappa shape index (κ2) is 8.36. The number of nitrogens with one attached hydrogen (secondary N) is 1. The molecule has 0 aliphatic carbocycles. The third-order valence-corrected chi connectivity index (χ3v) is 5.18. The number of benzene rings is 2. The van der Waals surface area contributed by atoms with Crippen molar-refractivity contribution in [3.63, 3.8) is 0 Å². The summed E-state index contributed by atoms with van der Waals surface area (Å²) in [5.74, 6) is -0.132. The van der Waals surface area contributed by atoms with Gasteiger partial charge < -0.3 is 9.47 Å². The topological polar surface area (TPSA) is 112 Å². The Morgan fingerprint density at radius 1 is 1.06 bits per heavy atom. The fraction of sp³-hybridized carbons (Fsp3) is 0.0952. The van der Waals surface area contributed by atoms with Crippen LogP contribution in [0.4, 0.5) is 5.13 Å². The minimum absolute atomic E-state index is 0.0296. The molecule has 0 fully saturated rings. The maximum atomic E-state index is 13.0. The van der Waals surface area contributed by atoms with Gasteiger partial charge in [0.2, 0.25) is 0 Å². The van der Waals surface area contributed by atoms with Crippen LogP contribution in [0.5, 0.6) is 11.5 Å². The van der Waals surface area contributed by atoms with E-state index in [0.29, 0.717) is 28.1 Å². The van der Waals surface area contributed by atoms with E-state index < -0.39 is 17.4 Å². The number of rotatable bonds is 5. The van der Waals surface area contributed by atoms with Gasteiger partial charge in [-0.1, -0.05) is 12.1 Å². The van der Waals surface area contributed by atoms with Crippen molar-refractivity contribution in [1.29, 1.82) is 0 Å². The zero-order chi connectivity index (χ0) is 22.0. The number of hydrogen-bond acceptors (Lipinski definition) is 8. The van der Waals surface area contributed by atoms with Crippen molar-refractivity contribution in [1.82, 2.24) is 14.5 Å². The highest BCUT2D eigenvalue weighted by molar-refractivity contribution is 7.14. The van der Waals surface area contributed by atoms with Gasteiger partial charge in [0.05, 0.1) is 31.4 Å². The van der Waals surface area contributed by atoms with Gasteiger partial charge >= 0.3 is 0 Å². The van der Waals surface area contributed by atoms with Crippen molar-refractivity contribution in [2.24, 2.45) is 0 Å². The lowest BCUT2D eigenvalue weighted by Gasteiger charge is -2.08. The number of aromatic nitrogens is 3. The summed E-state index contributed by atoms with van der Waals surface area (Å²) < 4.78 is 11.4. The van der Waals surface area contributed by atoms with E-state index in [-0.39, 0.29) is 10.8 Å². The molecule has 2 aromatic carbocycles. The summed E-state index contributed by atoms with van der Waals surface area (Å²) in [7, 11) is 2.97. The largest absolute Gasteiger partial charge is 0.497 e. The van der Waals surface area contributed by atoms with Crippen molar-refractivity contribution in [2.75, 3.05) is 19.5 Å². The first kappa shape index (κ1) is 20.2. The molecule has 0 unspecified atom stereocenters. The van der Waals surface area contributed by atoms with Crippen molar-refractivity contribution >= 4 is 39.3 Å². The van der Waals surface area contributed by atoms with Crippen LogP contribution < -0.4 is 20.3 Å². The van der Waals surface area contributed by atoms with E-state index in [0.717, 1.165) is 22.1 Å². The van der Waals surface area contributed by atoms with E-state index >= 15 is 0 Å². The molecule has 0 saturated heterocycles. The molecular formula is C21H16N4O5S. The van der Waals surface area contributed by atoms with Crippen LogP contribution in [0.15, 0.2) is 58.8 Å². The quantitative estimate of drug-likeness (QED) is 0.512. The van der Waals surface area contributed by atoms with Gasteiger partial charge in [-0.2, -0.15) is 0 Å². The minimum atomic E-state index is -0.608. The zero-order valence-corrected chi connectivity index (χ0v) is 17.3. The minimum Gasteiger partial charge on any atom is -0.497 e. The smallest absolute Gasteiger partial charge is 0.284 e. The van der Waals surface area contributed by atoms with Crippen LogP contribution in [0.1, 0.15) is 20.8 Å². The lowest BCUT2D eigenvalue weighted by molar-refractivity contribution is 0.0955. The number of anilines is 1. The lowest BCUT2D eigenvalue weighted by atomic mass is 10.2. The number of thiazole rings is 1. The average molecular weight is 436 g/mol. The number of ether oxygens (including phenoxy) is 2. The van der Waals surface area contributed by atoms with E-state index in [9.17, 15) is 14.4 Å². The normalized spacial score (nSPS) is 10.6. The number of nitrogens with zero attached hydrogens (tertiary/aromatic N) is 3. The van der Waals surface area contributed by atoms with E-state index in [2.05, 4.69) is 15.3 Å². The van der Waals surface area contributed by atoms with Gasteiger partial charge in [-0.3, -0.25) is 19.7 Å². The number of para-hydroxylation sites is 2. The summed E-state index contributed by atoms with van der Waals surface area (Å²) in [6, 6.07) is 11.6. The van der Waals surface area contributed by atoms with Crippen molar-refractivity contribution in [3.8, 4) is 11.5 Å². The fourth-order valence-electron chi connectivity index (χ4n) is 2.92. The Kier molecular flexibility index (Phi) is 5.46. The summed E-state index contributed by atoms with van der Waals surface area (Å²) in [5.41, 5.74) is 0.650. The van der Waals surface area contributed by atoms with E-state index in [4.69, 9.17) is 9.47 Å². The molecule has 2 aromatic heterocycles. The van der Waals surface area contributed by atoms with E-state index in [1.165, 1.54) is 19.6 Å². The highest BCUT2D eigenvalue weighted by Crippen LogP contribution is 2.24.